The molecule has 2 aromatic rings. The third kappa shape index (κ3) is 4.87. The molecule has 5 nitrogen and oxygen atoms in total. The van der Waals surface area contributed by atoms with E-state index in [0.29, 0.717) is 18.9 Å². The highest BCUT2D eigenvalue weighted by Crippen LogP contribution is 2.21. The fourth-order valence-corrected chi connectivity index (χ4v) is 2.74. The van der Waals surface area contributed by atoms with Gasteiger partial charge in [0.25, 0.3) is 0 Å². The zero-order valence-corrected chi connectivity index (χ0v) is 14.0. The standard InChI is InChI=1S/C14H16BrN3O2S/c1-20-9-7-16-13(19)10-21-14-17-6-8-18(14)12-4-2-11(15)3-5-12/h2-6,8H,7,9-10H2,1H3,(H,16,19). The van der Waals surface area contributed by atoms with Crippen LogP contribution in [0.15, 0.2) is 46.3 Å². The van der Waals surface area contributed by atoms with Crippen molar-refractivity contribution in [1.82, 2.24) is 14.9 Å². The number of hydrogen-bond acceptors (Lipinski definition) is 4. The number of benzene rings is 1. The number of aromatic nitrogens is 2. The number of hydrogen-bond donors (Lipinski definition) is 1. The van der Waals surface area contributed by atoms with E-state index in [1.807, 2.05) is 35.0 Å². The lowest BCUT2D eigenvalue weighted by Crippen LogP contribution is -2.28. The number of amides is 1. The number of nitrogens with one attached hydrogen (secondary N) is 1. The highest BCUT2D eigenvalue weighted by molar-refractivity contribution is 9.10. The molecule has 0 unspecified atom stereocenters. The Hall–Kier alpha value is -1.31. The zero-order chi connectivity index (χ0) is 15.1. The summed E-state index contributed by atoms with van der Waals surface area (Å²) in [6, 6.07) is 7.94. The number of nitrogens with zero attached hydrogens (tertiary/aromatic N) is 2. The molecule has 0 bridgehead atoms. The molecule has 1 aromatic heterocycles. The number of imidazole rings is 1. The van der Waals surface area contributed by atoms with Gasteiger partial charge >= 0.3 is 0 Å². The molecule has 0 saturated carbocycles. The summed E-state index contributed by atoms with van der Waals surface area (Å²) in [5.74, 6) is 0.305. The zero-order valence-electron chi connectivity index (χ0n) is 11.6. The largest absolute Gasteiger partial charge is 0.383 e. The van der Waals surface area contributed by atoms with E-state index in [-0.39, 0.29) is 5.91 Å². The summed E-state index contributed by atoms with van der Waals surface area (Å²) in [4.78, 5) is 16.0. The molecular weight excluding hydrogens is 354 g/mol. The van der Waals surface area contributed by atoms with Crippen LogP contribution in [0.4, 0.5) is 0 Å². The van der Waals surface area contributed by atoms with Crippen molar-refractivity contribution in [2.24, 2.45) is 0 Å². The van der Waals surface area contributed by atoms with Gasteiger partial charge in [0, 0.05) is 36.2 Å². The first-order chi connectivity index (χ1) is 10.2. The van der Waals surface area contributed by atoms with Gasteiger partial charge in [-0.05, 0) is 24.3 Å². The minimum absolute atomic E-state index is 0.0255. The Bertz CT molecular complexity index is 586. The van der Waals surface area contributed by atoms with E-state index in [2.05, 4.69) is 26.2 Å². The number of thioether (sulfide) groups is 1. The van der Waals surface area contributed by atoms with Crippen LogP contribution in [0.25, 0.3) is 5.69 Å². The van der Waals surface area contributed by atoms with Crippen LogP contribution in [0.3, 0.4) is 0 Å². The third-order valence-corrected chi connectivity index (χ3v) is 4.17. The fraction of sp³-hybridized carbons (Fsp3) is 0.286. The average molecular weight is 370 g/mol. The second-order valence-corrected chi connectivity index (χ2v) is 6.05. The molecule has 0 fully saturated rings. The van der Waals surface area contributed by atoms with Crippen LogP contribution in [-0.2, 0) is 9.53 Å². The predicted octanol–water partition coefficient (Wildman–Crippen LogP) is 2.49. The summed E-state index contributed by atoms with van der Waals surface area (Å²) in [6.45, 7) is 1.04. The van der Waals surface area contributed by atoms with Crippen molar-refractivity contribution in [1.29, 1.82) is 0 Å². The van der Waals surface area contributed by atoms with Gasteiger partial charge in [0.05, 0.1) is 12.4 Å². The molecular formula is C14H16BrN3O2S. The number of carbonyl (C=O) groups excluding carboxylic acids is 1. The van der Waals surface area contributed by atoms with E-state index in [4.69, 9.17) is 4.74 Å². The first kappa shape index (κ1) is 16.1. The summed E-state index contributed by atoms with van der Waals surface area (Å²) >= 11 is 4.82. The molecule has 0 aliphatic carbocycles. The summed E-state index contributed by atoms with van der Waals surface area (Å²) in [5.41, 5.74) is 1.01. The highest BCUT2D eigenvalue weighted by atomic mass is 79.9. The Morgan fingerprint density at radius 2 is 2.19 bits per heavy atom. The third-order valence-electron chi connectivity index (χ3n) is 2.67. The van der Waals surface area contributed by atoms with E-state index in [1.54, 1.807) is 13.3 Å². The molecule has 2 rings (SSSR count). The highest BCUT2D eigenvalue weighted by Gasteiger charge is 2.08. The molecule has 0 radical (unpaired) electrons. The molecule has 1 aromatic carbocycles. The van der Waals surface area contributed by atoms with Crippen molar-refractivity contribution in [3.63, 3.8) is 0 Å². The lowest BCUT2D eigenvalue weighted by atomic mass is 10.3. The molecule has 1 amide bonds. The Kier molecular flexibility index (Phi) is 6.28. The Morgan fingerprint density at radius 1 is 1.43 bits per heavy atom. The van der Waals surface area contributed by atoms with Crippen LogP contribution in [-0.4, -0.2) is 41.5 Å². The number of halogens is 1. The van der Waals surface area contributed by atoms with Gasteiger partial charge in [0.1, 0.15) is 0 Å². The van der Waals surface area contributed by atoms with Gasteiger partial charge in [-0.25, -0.2) is 4.98 Å². The van der Waals surface area contributed by atoms with Crippen LogP contribution in [0.2, 0.25) is 0 Å². The molecule has 0 spiro atoms. The summed E-state index contributed by atoms with van der Waals surface area (Å²) in [7, 11) is 1.61. The van der Waals surface area contributed by atoms with Crippen molar-refractivity contribution in [3.05, 3.63) is 41.1 Å². The van der Waals surface area contributed by atoms with Crippen molar-refractivity contribution < 1.29 is 9.53 Å². The van der Waals surface area contributed by atoms with Gasteiger partial charge in [0.2, 0.25) is 5.91 Å². The number of carbonyl (C=O) groups is 1. The molecule has 1 heterocycles. The Labute approximate surface area is 136 Å². The van der Waals surface area contributed by atoms with Crippen molar-refractivity contribution in [3.8, 4) is 5.69 Å². The minimum Gasteiger partial charge on any atom is -0.383 e. The maximum absolute atomic E-state index is 11.7. The van der Waals surface area contributed by atoms with Crippen LogP contribution in [0, 0.1) is 0 Å². The predicted molar refractivity (Wildman–Crippen MR) is 86.9 cm³/mol. The lowest BCUT2D eigenvalue weighted by molar-refractivity contribution is -0.118. The van der Waals surface area contributed by atoms with Crippen LogP contribution in [0.5, 0.6) is 0 Å². The second-order valence-electron chi connectivity index (χ2n) is 4.19. The number of ether oxygens (including phenoxy) is 1. The SMILES string of the molecule is COCCNC(=O)CSc1nccn1-c1ccc(Br)cc1. The first-order valence-corrected chi connectivity index (χ1v) is 8.16. The quantitative estimate of drug-likeness (QED) is 0.601. The number of methoxy groups -OCH3 is 1. The van der Waals surface area contributed by atoms with Gasteiger partial charge in [-0.3, -0.25) is 9.36 Å². The molecule has 112 valence electrons. The maximum atomic E-state index is 11.7. The minimum atomic E-state index is -0.0255. The maximum Gasteiger partial charge on any atom is 0.230 e. The Balaban J connectivity index is 1.94. The lowest BCUT2D eigenvalue weighted by Gasteiger charge is -2.08. The van der Waals surface area contributed by atoms with E-state index < -0.39 is 0 Å². The normalized spacial score (nSPS) is 10.6. The van der Waals surface area contributed by atoms with E-state index in [9.17, 15) is 4.79 Å². The van der Waals surface area contributed by atoms with Crippen molar-refractivity contribution >= 4 is 33.6 Å². The van der Waals surface area contributed by atoms with Crippen LogP contribution >= 0.6 is 27.7 Å². The van der Waals surface area contributed by atoms with Crippen LogP contribution < -0.4 is 5.32 Å². The monoisotopic (exact) mass is 369 g/mol. The molecule has 7 heteroatoms. The van der Waals surface area contributed by atoms with E-state index >= 15 is 0 Å². The molecule has 0 aliphatic rings. The van der Waals surface area contributed by atoms with E-state index in [1.165, 1.54) is 11.8 Å². The topological polar surface area (TPSA) is 56.1 Å². The van der Waals surface area contributed by atoms with Gasteiger partial charge in [-0.15, -0.1) is 0 Å². The van der Waals surface area contributed by atoms with Crippen molar-refractivity contribution in [2.75, 3.05) is 26.0 Å². The van der Waals surface area contributed by atoms with Gasteiger partial charge in [0.15, 0.2) is 5.16 Å². The van der Waals surface area contributed by atoms with Gasteiger partial charge < -0.3 is 10.1 Å². The number of rotatable bonds is 7. The summed E-state index contributed by atoms with van der Waals surface area (Å²) < 4.78 is 7.87. The van der Waals surface area contributed by atoms with Crippen molar-refractivity contribution in [2.45, 2.75) is 5.16 Å². The molecule has 0 aliphatic heterocycles. The molecule has 21 heavy (non-hydrogen) atoms. The Morgan fingerprint density at radius 3 is 2.90 bits per heavy atom. The van der Waals surface area contributed by atoms with Gasteiger partial charge in [-0.2, -0.15) is 0 Å². The molecule has 0 saturated heterocycles. The smallest absolute Gasteiger partial charge is 0.230 e. The van der Waals surface area contributed by atoms with Gasteiger partial charge in [-0.1, -0.05) is 27.7 Å². The summed E-state index contributed by atoms with van der Waals surface area (Å²) in [5, 5.41) is 3.58. The average Bonchev–Trinajstić information content (AvgIpc) is 2.95. The van der Waals surface area contributed by atoms with E-state index in [0.717, 1.165) is 15.3 Å². The summed E-state index contributed by atoms with van der Waals surface area (Å²) in [6.07, 6.45) is 3.61. The molecule has 0 atom stereocenters. The fourth-order valence-electron chi connectivity index (χ4n) is 1.67. The molecule has 1 N–H and O–H groups in total. The second kappa shape index (κ2) is 8.21. The first-order valence-electron chi connectivity index (χ1n) is 6.38. The van der Waals surface area contributed by atoms with Crippen LogP contribution in [0.1, 0.15) is 0 Å².